The molecule has 0 unspecified atom stereocenters. The lowest BCUT2D eigenvalue weighted by molar-refractivity contribution is 0.1000. The molecule has 94 valence electrons. The maximum absolute atomic E-state index is 9.81. The maximum Gasteiger partial charge on any atom is 0.155 e. The van der Waals surface area contributed by atoms with Crippen molar-refractivity contribution in [3.63, 3.8) is 0 Å². The van der Waals surface area contributed by atoms with Crippen LogP contribution in [0.1, 0.15) is 0 Å². The quantitative estimate of drug-likeness (QED) is 0.748. The third-order valence-corrected chi connectivity index (χ3v) is 2.73. The van der Waals surface area contributed by atoms with Crippen LogP contribution in [0.2, 0.25) is 0 Å². The van der Waals surface area contributed by atoms with Gasteiger partial charge in [0.25, 0.3) is 0 Å². The Morgan fingerprint density at radius 2 is 1.59 bits per heavy atom. The van der Waals surface area contributed by atoms with E-state index in [2.05, 4.69) is 15.3 Å². The van der Waals surface area contributed by atoms with E-state index in [1.54, 1.807) is 0 Å². The van der Waals surface area contributed by atoms with Crippen LogP contribution in [0.15, 0.2) is 24.3 Å². The number of hydrogen-bond donors (Lipinski definition) is 2. The Hall–Kier alpha value is -1.34. The Morgan fingerprint density at radius 1 is 1.06 bits per heavy atom. The molecular weight excluding hydrogens is 218 g/mol. The molecule has 0 bridgehead atoms. The van der Waals surface area contributed by atoms with E-state index < -0.39 is 0 Å². The van der Waals surface area contributed by atoms with E-state index in [0.29, 0.717) is 0 Å². The highest BCUT2D eigenvalue weighted by molar-refractivity contribution is 5.73. The van der Waals surface area contributed by atoms with Crippen molar-refractivity contribution in [3.8, 4) is 0 Å². The number of nitrogens with one attached hydrogen (secondary N) is 1. The highest BCUT2D eigenvalue weighted by atomic mass is 16.6. The smallest absolute Gasteiger partial charge is 0.155 e. The zero-order chi connectivity index (χ0) is 12.6. The molecule has 1 aromatic rings. The van der Waals surface area contributed by atoms with Gasteiger partial charge in [0.05, 0.1) is 5.69 Å². The first-order valence-corrected chi connectivity index (χ1v) is 5.49. The fourth-order valence-corrected chi connectivity index (χ4v) is 2.16. The fraction of sp³-hybridized carbons (Fsp3) is 0.455. The SMILES string of the molecule is CN(C)C(N(C)C)N1NN(O)c2ccccc21. The number of hydrogen-bond acceptors (Lipinski definition) is 6. The molecule has 6 nitrogen and oxygen atoms in total. The zero-order valence-corrected chi connectivity index (χ0v) is 10.6. The van der Waals surface area contributed by atoms with Crippen molar-refractivity contribution in [3.05, 3.63) is 24.3 Å². The Balaban J connectivity index is 2.35. The van der Waals surface area contributed by atoms with Crippen molar-refractivity contribution in [2.24, 2.45) is 0 Å². The highest BCUT2D eigenvalue weighted by Crippen LogP contribution is 2.33. The Kier molecular flexibility index (Phi) is 3.21. The van der Waals surface area contributed by atoms with Gasteiger partial charge in [-0.25, -0.2) is 0 Å². The van der Waals surface area contributed by atoms with Crippen molar-refractivity contribution in [2.75, 3.05) is 38.4 Å². The number of anilines is 2. The van der Waals surface area contributed by atoms with E-state index in [9.17, 15) is 5.21 Å². The molecule has 1 aliphatic rings. The molecule has 0 atom stereocenters. The maximum atomic E-state index is 9.81. The summed E-state index contributed by atoms with van der Waals surface area (Å²) in [7, 11) is 7.98. The summed E-state index contributed by atoms with van der Waals surface area (Å²) in [4.78, 5) is 4.12. The molecule has 0 amide bonds. The van der Waals surface area contributed by atoms with E-state index >= 15 is 0 Å². The van der Waals surface area contributed by atoms with E-state index in [0.717, 1.165) is 16.5 Å². The van der Waals surface area contributed by atoms with Crippen LogP contribution in [0, 0.1) is 0 Å². The van der Waals surface area contributed by atoms with Crippen molar-refractivity contribution in [2.45, 2.75) is 6.29 Å². The molecule has 0 aliphatic carbocycles. The highest BCUT2D eigenvalue weighted by Gasteiger charge is 2.32. The number of para-hydroxylation sites is 2. The van der Waals surface area contributed by atoms with Gasteiger partial charge in [-0.1, -0.05) is 12.1 Å². The zero-order valence-electron chi connectivity index (χ0n) is 10.6. The summed E-state index contributed by atoms with van der Waals surface area (Å²) in [6, 6.07) is 7.69. The molecule has 6 heteroatoms. The molecule has 1 aromatic carbocycles. The van der Waals surface area contributed by atoms with Crippen LogP contribution in [0.3, 0.4) is 0 Å². The van der Waals surface area contributed by atoms with Crippen molar-refractivity contribution < 1.29 is 5.21 Å². The molecule has 0 spiro atoms. The topological polar surface area (TPSA) is 45.2 Å². The second-order valence-corrected chi connectivity index (χ2v) is 4.54. The molecule has 2 N–H and O–H groups in total. The van der Waals surface area contributed by atoms with Crippen LogP contribution < -0.4 is 15.7 Å². The predicted molar refractivity (Wildman–Crippen MR) is 67.5 cm³/mol. The molecule has 0 fully saturated rings. The summed E-state index contributed by atoms with van der Waals surface area (Å²) in [6.07, 6.45) is 0.00769. The van der Waals surface area contributed by atoms with Gasteiger partial charge in [-0.15, -0.1) is 5.53 Å². The summed E-state index contributed by atoms with van der Waals surface area (Å²) in [5.41, 5.74) is 4.62. The van der Waals surface area contributed by atoms with Crippen molar-refractivity contribution >= 4 is 11.4 Å². The van der Waals surface area contributed by atoms with E-state index in [1.165, 1.54) is 0 Å². The number of hydrazine groups is 2. The van der Waals surface area contributed by atoms with Crippen LogP contribution in [-0.2, 0) is 0 Å². The number of rotatable bonds is 3. The number of fused-ring (bicyclic) bond motifs is 1. The summed E-state index contributed by atoms with van der Waals surface area (Å²) in [5.74, 6) is 0. The van der Waals surface area contributed by atoms with E-state index in [-0.39, 0.29) is 6.29 Å². The normalized spacial score (nSPS) is 15.3. The Morgan fingerprint density at radius 3 is 2.12 bits per heavy atom. The third kappa shape index (κ3) is 2.07. The lowest BCUT2D eigenvalue weighted by atomic mass is 10.2. The van der Waals surface area contributed by atoms with E-state index in [4.69, 9.17) is 0 Å². The van der Waals surface area contributed by atoms with Crippen LogP contribution in [-0.4, -0.2) is 49.5 Å². The van der Waals surface area contributed by atoms with Crippen molar-refractivity contribution in [1.29, 1.82) is 0 Å². The Labute approximate surface area is 102 Å². The minimum absolute atomic E-state index is 0.00769. The van der Waals surface area contributed by atoms with Gasteiger partial charge in [0.1, 0.15) is 5.69 Å². The first kappa shape index (κ1) is 12.1. The van der Waals surface area contributed by atoms with Crippen molar-refractivity contribution in [1.82, 2.24) is 15.3 Å². The van der Waals surface area contributed by atoms with Gasteiger partial charge in [0.15, 0.2) is 6.29 Å². The lowest BCUT2D eigenvalue weighted by Gasteiger charge is -2.38. The second kappa shape index (κ2) is 4.50. The van der Waals surface area contributed by atoms with Gasteiger partial charge in [-0.05, 0) is 40.3 Å². The molecule has 1 heterocycles. The standard InChI is InChI=1S/C11H19N5O/c1-13(2)11(14(3)4)15-9-7-5-6-8-10(9)16(17)12-15/h5-8,11-12,17H,1-4H3. The first-order valence-electron chi connectivity index (χ1n) is 5.49. The van der Waals surface area contributed by atoms with Crippen LogP contribution in [0.4, 0.5) is 11.4 Å². The second-order valence-electron chi connectivity index (χ2n) is 4.54. The summed E-state index contributed by atoms with van der Waals surface area (Å²) < 4.78 is 0. The minimum Gasteiger partial charge on any atom is -0.276 e. The van der Waals surface area contributed by atoms with Crippen LogP contribution in [0.25, 0.3) is 0 Å². The first-order chi connectivity index (χ1) is 8.02. The molecule has 0 saturated heterocycles. The van der Waals surface area contributed by atoms with E-state index in [1.807, 2.05) is 57.5 Å². The van der Waals surface area contributed by atoms with Gasteiger partial charge >= 0.3 is 0 Å². The molecule has 0 saturated carbocycles. The van der Waals surface area contributed by atoms with Crippen LogP contribution >= 0.6 is 0 Å². The summed E-state index contributed by atoms with van der Waals surface area (Å²) in [6.45, 7) is 0. The lowest BCUT2D eigenvalue weighted by Crippen LogP contribution is -2.59. The minimum atomic E-state index is 0.00769. The Bertz CT molecular complexity index is 387. The van der Waals surface area contributed by atoms with Gasteiger partial charge in [-0.2, -0.15) is 5.17 Å². The molecule has 0 radical (unpaired) electrons. The average Bonchev–Trinajstić information content (AvgIpc) is 2.56. The fourth-order valence-electron chi connectivity index (χ4n) is 2.16. The molecule has 2 rings (SSSR count). The molecule has 0 aromatic heterocycles. The number of nitrogens with zero attached hydrogens (tertiary/aromatic N) is 4. The molecular formula is C11H19N5O. The predicted octanol–water partition coefficient (Wildman–Crippen LogP) is 0.529. The molecule has 17 heavy (non-hydrogen) atoms. The number of benzene rings is 1. The summed E-state index contributed by atoms with van der Waals surface area (Å²) in [5, 5.41) is 12.8. The summed E-state index contributed by atoms with van der Waals surface area (Å²) >= 11 is 0. The largest absolute Gasteiger partial charge is 0.276 e. The molecule has 1 aliphatic heterocycles. The third-order valence-electron chi connectivity index (χ3n) is 2.73. The average molecular weight is 237 g/mol. The monoisotopic (exact) mass is 237 g/mol. The van der Waals surface area contributed by atoms with Crippen LogP contribution in [0.5, 0.6) is 0 Å². The van der Waals surface area contributed by atoms with Gasteiger partial charge < -0.3 is 0 Å². The van der Waals surface area contributed by atoms with Gasteiger partial charge in [0, 0.05) is 0 Å². The van der Waals surface area contributed by atoms with Gasteiger partial charge in [0.2, 0.25) is 0 Å². The van der Waals surface area contributed by atoms with Gasteiger partial charge in [-0.3, -0.25) is 20.0 Å².